The summed E-state index contributed by atoms with van der Waals surface area (Å²) in [4.78, 5) is 3.84. The molecule has 0 saturated carbocycles. The molecule has 0 aliphatic rings. The molecule has 2 atom stereocenters. The zero-order chi connectivity index (χ0) is 10.7. The molecule has 5 heteroatoms. The summed E-state index contributed by atoms with van der Waals surface area (Å²) in [5.74, 6) is -0.608. The Hall–Kier alpha value is -0.520. The lowest BCUT2D eigenvalue weighted by Gasteiger charge is -2.15. The minimum absolute atomic E-state index is 0.114. The maximum Gasteiger partial charge on any atom is 0.147 e. The van der Waals surface area contributed by atoms with Crippen molar-refractivity contribution in [3.8, 4) is 0 Å². The third kappa shape index (κ3) is 2.50. The number of hydrogen-bond donors (Lipinski definition) is 2. The van der Waals surface area contributed by atoms with E-state index in [2.05, 4.69) is 20.9 Å². The smallest absolute Gasteiger partial charge is 0.147 e. The molecule has 2 unspecified atom stereocenters. The van der Waals surface area contributed by atoms with Gasteiger partial charge in [0.15, 0.2) is 0 Å². The highest BCUT2D eigenvalue weighted by atomic mass is 79.9. The molecule has 1 aromatic rings. The predicted molar refractivity (Wildman–Crippen MR) is 53.7 cm³/mol. The first-order valence-electron chi connectivity index (χ1n) is 4.11. The fourth-order valence-electron chi connectivity index (χ4n) is 1.03. The van der Waals surface area contributed by atoms with Gasteiger partial charge >= 0.3 is 0 Å². The SMILES string of the molecule is Cc1ccc(F)c(C(O)C(O)CBr)n1. The number of aromatic nitrogens is 1. The Balaban J connectivity index is 2.99. The van der Waals surface area contributed by atoms with Crippen LogP contribution < -0.4 is 0 Å². The predicted octanol–water partition coefficient (Wildman–Crippen LogP) is 1.32. The number of hydrogen-bond acceptors (Lipinski definition) is 3. The lowest BCUT2D eigenvalue weighted by atomic mass is 10.1. The summed E-state index contributed by atoms with van der Waals surface area (Å²) in [5.41, 5.74) is 0.485. The molecule has 0 saturated heterocycles. The molecule has 0 fully saturated rings. The molecule has 0 aliphatic carbocycles. The number of halogens is 2. The van der Waals surface area contributed by atoms with Crippen molar-refractivity contribution in [1.29, 1.82) is 0 Å². The van der Waals surface area contributed by atoms with Crippen molar-refractivity contribution >= 4 is 15.9 Å². The van der Waals surface area contributed by atoms with Gasteiger partial charge in [0.2, 0.25) is 0 Å². The summed E-state index contributed by atoms with van der Waals surface area (Å²) in [7, 11) is 0. The van der Waals surface area contributed by atoms with Crippen LogP contribution in [0.5, 0.6) is 0 Å². The van der Waals surface area contributed by atoms with E-state index in [1.54, 1.807) is 6.92 Å². The molecule has 78 valence electrons. The molecule has 2 N–H and O–H groups in total. The molecular weight excluding hydrogens is 253 g/mol. The third-order valence-electron chi connectivity index (χ3n) is 1.82. The van der Waals surface area contributed by atoms with Crippen LogP contribution in [-0.4, -0.2) is 26.6 Å². The van der Waals surface area contributed by atoms with Gasteiger partial charge in [-0.15, -0.1) is 0 Å². The van der Waals surface area contributed by atoms with Crippen LogP contribution in [0.15, 0.2) is 12.1 Å². The lowest BCUT2D eigenvalue weighted by molar-refractivity contribution is 0.0289. The summed E-state index contributed by atoms with van der Waals surface area (Å²) in [6.45, 7) is 1.69. The van der Waals surface area contributed by atoms with Crippen LogP contribution in [0.25, 0.3) is 0 Å². The quantitative estimate of drug-likeness (QED) is 0.809. The molecule has 1 heterocycles. The summed E-state index contributed by atoms with van der Waals surface area (Å²) in [5, 5.41) is 19.0. The number of aryl methyl sites for hydroxylation is 1. The van der Waals surface area contributed by atoms with E-state index in [-0.39, 0.29) is 11.0 Å². The van der Waals surface area contributed by atoms with E-state index < -0.39 is 18.0 Å². The Morgan fingerprint density at radius 1 is 1.50 bits per heavy atom. The fourth-order valence-corrected chi connectivity index (χ4v) is 1.39. The van der Waals surface area contributed by atoms with Crippen molar-refractivity contribution in [2.45, 2.75) is 19.1 Å². The van der Waals surface area contributed by atoms with E-state index in [4.69, 9.17) is 0 Å². The lowest BCUT2D eigenvalue weighted by Crippen LogP contribution is -2.21. The molecular formula is C9H11BrFNO2. The molecule has 0 amide bonds. The van der Waals surface area contributed by atoms with Crippen molar-refractivity contribution in [3.63, 3.8) is 0 Å². The highest BCUT2D eigenvalue weighted by Gasteiger charge is 2.21. The summed E-state index contributed by atoms with van der Waals surface area (Å²) in [6.07, 6.45) is -2.35. The highest BCUT2D eigenvalue weighted by Crippen LogP contribution is 2.19. The molecule has 3 nitrogen and oxygen atoms in total. The number of aliphatic hydroxyl groups is 2. The van der Waals surface area contributed by atoms with E-state index in [1.807, 2.05) is 0 Å². The van der Waals surface area contributed by atoms with Gasteiger partial charge in [-0.2, -0.15) is 0 Å². The monoisotopic (exact) mass is 263 g/mol. The van der Waals surface area contributed by atoms with Gasteiger partial charge in [-0.25, -0.2) is 4.39 Å². The standard InChI is InChI=1S/C9H11BrFNO2/c1-5-2-3-6(11)8(12-5)9(14)7(13)4-10/h2-3,7,9,13-14H,4H2,1H3. The van der Waals surface area contributed by atoms with Crippen molar-refractivity contribution in [3.05, 3.63) is 29.3 Å². The van der Waals surface area contributed by atoms with Crippen molar-refractivity contribution < 1.29 is 14.6 Å². The Labute approximate surface area is 89.7 Å². The summed E-state index contributed by atoms with van der Waals surface area (Å²) < 4.78 is 13.2. The topological polar surface area (TPSA) is 53.4 Å². The molecule has 14 heavy (non-hydrogen) atoms. The average Bonchev–Trinajstić information content (AvgIpc) is 2.19. The zero-order valence-corrected chi connectivity index (χ0v) is 9.20. The van der Waals surface area contributed by atoms with Crippen LogP contribution in [-0.2, 0) is 0 Å². The Morgan fingerprint density at radius 2 is 2.14 bits per heavy atom. The Kier molecular flexibility index (Phi) is 3.97. The summed E-state index contributed by atoms with van der Waals surface area (Å²) >= 11 is 3.00. The van der Waals surface area contributed by atoms with Crippen LogP contribution in [0.2, 0.25) is 0 Å². The van der Waals surface area contributed by atoms with Gasteiger partial charge in [0.05, 0.1) is 6.10 Å². The van der Waals surface area contributed by atoms with Gasteiger partial charge in [-0.1, -0.05) is 15.9 Å². The molecule has 0 spiro atoms. The second-order valence-corrected chi connectivity index (χ2v) is 3.63. The van der Waals surface area contributed by atoms with E-state index in [1.165, 1.54) is 12.1 Å². The van der Waals surface area contributed by atoms with Crippen LogP contribution in [0.3, 0.4) is 0 Å². The first kappa shape index (κ1) is 11.6. The molecule has 1 aromatic heterocycles. The van der Waals surface area contributed by atoms with Gasteiger partial charge in [0, 0.05) is 11.0 Å². The second-order valence-electron chi connectivity index (χ2n) is 2.99. The van der Waals surface area contributed by atoms with Gasteiger partial charge < -0.3 is 10.2 Å². The molecule has 1 rings (SSSR count). The van der Waals surface area contributed by atoms with E-state index in [9.17, 15) is 14.6 Å². The van der Waals surface area contributed by atoms with Gasteiger partial charge in [0.1, 0.15) is 17.6 Å². The molecule has 0 aromatic carbocycles. The highest BCUT2D eigenvalue weighted by molar-refractivity contribution is 9.09. The van der Waals surface area contributed by atoms with Gasteiger partial charge in [-0.3, -0.25) is 4.98 Å². The Bertz CT molecular complexity index is 322. The minimum Gasteiger partial charge on any atom is -0.389 e. The molecule has 0 radical (unpaired) electrons. The van der Waals surface area contributed by atoms with Crippen molar-refractivity contribution in [2.75, 3.05) is 5.33 Å². The van der Waals surface area contributed by atoms with E-state index in [0.29, 0.717) is 5.69 Å². The van der Waals surface area contributed by atoms with Crippen LogP contribution in [0.4, 0.5) is 4.39 Å². The van der Waals surface area contributed by atoms with Crippen molar-refractivity contribution in [2.24, 2.45) is 0 Å². The van der Waals surface area contributed by atoms with Crippen LogP contribution in [0.1, 0.15) is 17.5 Å². The minimum atomic E-state index is -1.30. The Morgan fingerprint density at radius 3 is 2.71 bits per heavy atom. The first-order chi connectivity index (χ1) is 6.56. The van der Waals surface area contributed by atoms with Crippen molar-refractivity contribution in [1.82, 2.24) is 4.98 Å². The second kappa shape index (κ2) is 4.82. The average molecular weight is 264 g/mol. The number of alkyl halides is 1. The number of rotatable bonds is 3. The van der Waals surface area contributed by atoms with E-state index in [0.717, 1.165) is 0 Å². The number of nitrogens with zero attached hydrogens (tertiary/aromatic N) is 1. The summed E-state index contributed by atoms with van der Waals surface area (Å²) in [6, 6.07) is 2.73. The largest absolute Gasteiger partial charge is 0.389 e. The first-order valence-corrected chi connectivity index (χ1v) is 5.23. The maximum absolute atomic E-state index is 13.2. The normalized spacial score (nSPS) is 15.2. The maximum atomic E-state index is 13.2. The number of aliphatic hydroxyl groups excluding tert-OH is 2. The zero-order valence-electron chi connectivity index (χ0n) is 7.61. The molecule has 0 aliphatic heterocycles. The van der Waals surface area contributed by atoms with Crippen LogP contribution >= 0.6 is 15.9 Å². The van der Waals surface area contributed by atoms with E-state index >= 15 is 0 Å². The third-order valence-corrected chi connectivity index (χ3v) is 2.48. The van der Waals surface area contributed by atoms with Gasteiger partial charge in [-0.05, 0) is 19.1 Å². The number of pyridine rings is 1. The van der Waals surface area contributed by atoms with Gasteiger partial charge in [0.25, 0.3) is 0 Å². The van der Waals surface area contributed by atoms with Crippen LogP contribution in [0, 0.1) is 12.7 Å². The molecule has 0 bridgehead atoms. The fraction of sp³-hybridized carbons (Fsp3) is 0.444.